The van der Waals surface area contributed by atoms with Gasteiger partial charge in [-0.15, -0.1) is 0 Å². The van der Waals surface area contributed by atoms with Crippen molar-refractivity contribution in [2.45, 2.75) is 13.5 Å². The molecule has 0 unspecified atom stereocenters. The lowest BCUT2D eigenvalue weighted by atomic mass is 10.2. The summed E-state index contributed by atoms with van der Waals surface area (Å²) in [6.07, 6.45) is 0. The molecule has 1 N–H and O–H groups in total. The topological polar surface area (TPSA) is 103 Å². The van der Waals surface area contributed by atoms with Crippen LogP contribution in [0.15, 0.2) is 47.3 Å². The number of hydrogen-bond donors (Lipinski definition) is 1. The number of amides is 2. The van der Waals surface area contributed by atoms with Crippen LogP contribution in [0.25, 0.3) is 11.0 Å². The van der Waals surface area contributed by atoms with E-state index >= 15 is 0 Å². The number of fused-ring (bicyclic) bond motifs is 1. The molecule has 0 aliphatic rings. The van der Waals surface area contributed by atoms with E-state index in [4.69, 9.17) is 9.47 Å². The van der Waals surface area contributed by atoms with Gasteiger partial charge in [0.1, 0.15) is 6.54 Å². The molecule has 0 atom stereocenters. The zero-order valence-electron chi connectivity index (χ0n) is 17.1. The van der Waals surface area contributed by atoms with Gasteiger partial charge in [0.2, 0.25) is 17.6 Å². The normalized spacial score (nSPS) is 10.5. The highest BCUT2D eigenvalue weighted by molar-refractivity contribution is 5.93. The first-order valence-corrected chi connectivity index (χ1v) is 9.11. The maximum atomic E-state index is 13.0. The van der Waals surface area contributed by atoms with Crippen LogP contribution in [0.4, 0.5) is 11.5 Å². The van der Waals surface area contributed by atoms with Gasteiger partial charge < -0.3 is 14.8 Å². The van der Waals surface area contributed by atoms with Crippen molar-refractivity contribution < 1.29 is 19.1 Å². The van der Waals surface area contributed by atoms with Gasteiger partial charge in [-0.25, -0.2) is 4.98 Å². The van der Waals surface area contributed by atoms with Crippen LogP contribution in [0.1, 0.15) is 6.92 Å². The number of carbonyl (C=O) groups excluding carboxylic acids is 2. The number of carbonyl (C=O) groups is 2. The Balaban J connectivity index is 1.97. The zero-order chi connectivity index (χ0) is 21.8. The molecule has 1 heterocycles. The first kappa shape index (κ1) is 20.8. The average molecular weight is 410 g/mol. The molecule has 3 rings (SSSR count). The fourth-order valence-electron chi connectivity index (χ4n) is 2.96. The quantitative estimate of drug-likeness (QED) is 0.667. The number of benzene rings is 2. The SMILES string of the molecule is COc1ccc(NC(=O)Cn2c(=O)c(N(C)C(C)=O)nc3ccccc32)cc1OC. The van der Waals surface area contributed by atoms with Crippen molar-refractivity contribution in [3.8, 4) is 11.5 Å². The number of nitrogens with zero attached hydrogens (tertiary/aromatic N) is 3. The Bertz CT molecular complexity index is 1170. The summed E-state index contributed by atoms with van der Waals surface area (Å²) in [4.78, 5) is 42.9. The average Bonchev–Trinajstić information content (AvgIpc) is 2.74. The number of ether oxygens (including phenoxy) is 2. The highest BCUT2D eigenvalue weighted by Gasteiger charge is 2.18. The standard InChI is InChI=1S/C21H22N4O5/c1-13(26)24(2)20-21(28)25(16-8-6-5-7-15(16)23-20)12-19(27)22-14-9-10-17(29-3)18(11-14)30-4/h5-11H,12H2,1-4H3,(H,22,27). The summed E-state index contributed by atoms with van der Waals surface area (Å²) in [7, 11) is 4.49. The lowest BCUT2D eigenvalue weighted by Crippen LogP contribution is -2.36. The predicted molar refractivity (Wildman–Crippen MR) is 113 cm³/mol. The second-order valence-electron chi connectivity index (χ2n) is 6.51. The molecule has 0 saturated heterocycles. The van der Waals surface area contributed by atoms with Gasteiger partial charge in [0.15, 0.2) is 11.5 Å². The smallest absolute Gasteiger partial charge is 0.294 e. The van der Waals surface area contributed by atoms with E-state index < -0.39 is 11.5 Å². The van der Waals surface area contributed by atoms with Crippen LogP contribution in [0.3, 0.4) is 0 Å². The number of hydrogen-bond acceptors (Lipinski definition) is 6. The summed E-state index contributed by atoms with van der Waals surface area (Å²) in [5.74, 6) is 0.199. The molecule has 0 saturated carbocycles. The molecule has 0 fully saturated rings. The first-order chi connectivity index (χ1) is 14.3. The van der Waals surface area contributed by atoms with Gasteiger partial charge >= 0.3 is 0 Å². The van der Waals surface area contributed by atoms with Gasteiger partial charge in [0.05, 0.1) is 25.3 Å². The molecule has 0 spiro atoms. The molecule has 0 aliphatic carbocycles. The summed E-state index contributed by atoms with van der Waals surface area (Å²) in [5, 5.41) is 2.74. The van der Waals surface area contributed by atoms with Crippen molar-refractivity contribution >= 4 is 34.4 Å². The van der Waals surface area contributed by atoms with Gasteiger partial charge in [0.25, 0.3) is 5.56 Å². The molecule has 0 aliphatic heterocycles. The molecule has 1 aromatic heterocycles. The van der Waals surface area contributed by atoms with Crippen molar-refractivity contribution in [1.82, 2.24) is 9.55 Å². The van der Waals surface area contributed by atoms with Gasteiger partial charge in [0, 0.05) is 25.7 Å². The molecular formula is C21H22N4O5. The number of rotatable bonds is 6. The largest absolute Gasteiger partial charge is 0.493 e. The Morgan fingerprint density at radius 3 is 2.47 bits per heavy atom. The number of nitrogens with one attached hydrogen (secondary N) is 1. The lowest BCUT2D eigenvalue weighted by Gasteiger charge is -2.17. The monoisotopic (exact) mass is 410 g/mol. The van der Waals surface area contributed by atoms with E-state index in [1.807, 2.05) is 0 Å². The highest BCUT2D eigenvalue weighted by atomic mass is 16.5. The molecule has 9 heteroatoms. The van der Waals surface area contributed by atoms with E-state index in [0.717, 1.165) is 4.90 Å². The van der Waals surface area contributed by atoms with Gasteiger partial charge in [-0.05, 0) is 24.3 Å². The van der Waals surface area contributed by atoms with Gasteiger partial charge in [-0.1, -0.05) is 12.1 Å². The van der Waals surface area contributed by atoms with Crippen LogP contribution in [-0.4, -0.2) is 42.6 Å². The molecule has 0 bridgehead atoms. The third kappa shape index (κ3) is 4.09. The van der Waals surface area contributed by atoms with Crippen molar-refractivity contribution in [3.05, 3.63) is 52.8 Å². The molecular weight excluding hydrogens is 388 g/mol. The minimum absolute atomic E-state index is 0.0416. The predicted octanol–water partition coefficient (Wildman–Crippen LogP) is 2.04. The summed E-state index contributed by atoms with van der Waals surface area (Å²) in [6.45, 7) is 1.08. The maximum absolute atomic E-state index is 13.0. The number of para-hydroxylation sites is 2. The van der Waals surface area contributed by atoms with E-state index in [1.54, 1.807) is 42.5 Å². The van der Waals surface area contributed by atoms with Gasteiger partial charge in [-0.2, -0.15) is 0 Å². The van der Waals surface area contributed by atoms with E-state index in [2.05, 4.69) is 10.3 Å². The Labute approximate surface area is 172 Å². The summed E-state index contributed by atoms with van der Waals surface area (Å²) in [5.41, 5.74) is 0.948. The van der Waals surface area contributed by atoms with Crippen molar-refractivity contribution in [3.63, 3.8) is 0 Å². The van der Waals surface area contributed by atoms with Crippen molar-refractivity contribution in [2.24, 2.45) is 0 Å². The molecule has 156 valence electrons. The summed E-state index contributed by atoms with van der Waals surface area (Å²) in [6, 6.07) is 11.9. The Hall–Kier alpha value is -3.88. The van der Waals surface area contributed by atoms with Crippen LogP contribution in [0.5, 0.6) is 11.5 Å². The van der Waals surface area contributed by atoms with Crippen molar-refractivity contribution in [1.29, 1.82) is 0 Å². The fraction of sp³-hybridized carbons (Fsp3) is 0.238. The number of anilines is 2. The molecule has 3 aromatic rings. The number of aromatic nitrogens is 2. The molecule has 2 amide bonds. The molecule has 2 aromatic carbocycles. The highest BCUT2D eigenvalue weighted by Crippen LogP contribution is 2.29. The third-order valence-corrected chi connectivity index (χ3v) is 4.59. The Morgan fingerprint density at radius 1 is 1.10 bits per heavy atom. The Kier molecular flexibility index (Phi) is 6.01. The minimum atomic E-state index is -0.533. The van der Waals surface area contributed by atoms with Crippen LogP contribution in [-0.2, 0) is 16.1 Å². The fourth-order valence-corrected chi connectivity index (χ4v) is 2.96. The van der Waals surface area contributed by atoms with Crippen LogP contribution in [0.2, 0.25) is 0 Å². The molecule has 0 radical (unpaired) electrons. The Morgan fingerprint density at radius 2 is 1.80 bits per heavy atom. The molecule has 30 heavy (non-hydrogen) atoms. The second-order valence-corrected chi connectivity index (χ2v) is 6.51. The van der Waals surface area contributed by atoms with Gasteiger partial charge in [-0.3, -0.25) is 23.9 Å². The maximum Gasteiger partial charge on any atom is 0.294 e. The van der Waals surface area contributed by atoms with Crippen LogP contribution < -0.4 is 25.2 Å². The second kappa shape index (κ2) is 8.64. The van der Waals surface area contributed by atoms with Crippen LogP contribution >= 0.6 is 0 Å². The van der Waals surface area contributed by atoms with E-state index in [-0.39, 0.29) is 18.3 Å². The van der Waals surface area contributed by atoms with E-state index in [9.17, 15) is 14.4 Å². The summed E-state index contributed by atoms with van der Waals surface area (Å²) >= 11 is 0. The van der Waals surface area contributed by atoms with Crippen molar-refractivity contribution in [2.75, 3.05) is 31.5 Å². The number of methoxy groups -OCH3 is 2. The lowest BCUT2D eigenvalue weighted by molar-refractivity contribution is -0.117. The zero-order valence-corrected chi connectivity index (χ0v) is 17.1. The summed E-state index contributed by atoms with van der Waals surface area (Å²) < 4.78 is 11.7. The first-order valence-electron chi connectivity index (χ1n) is 9.11. The van der Waals surface area contributed by atoms with E-state index in [1.165, 1.54) is 32.8 Å². The molecule has 9 nitrogen and oxygen atoms in total. The third-order valence-electron chi connectivity index (χ3n) is 4.59. The van der Waals surface area contributed by atoms with E-state index in [0.29, 0.717) is 28.2 Å². The minimum Gasteiger partial charge on any atom is -0.493 e. The van der Waals surface area contributed by atoms with Crippen LogP contribution in [0, 0.1) is 0 Å².